The number of carboxylic acid groups (broad SMARTS) is 1. The van der Waals surface area contributed by atoms with Gasteiger partial charge >= 0.3 is 12.0 Å². The van der Waals surface area contributed by atoms with E-state index in [4.69, 9.17) is 0 Å². The number of aliphatic carboxylic acids is 1. The first-order valence-electron chi connectivity index (χ1n) is 7.22. The number of carboxylic acids is 1. The number of rotatable bonds is 6. The van der Waals surface area contributed by atoms with Gasteiger partial charge in [0.2, 0.25) is 0 Å². The lowest BCUT2D eigenvalue weighted by Gasteiger charge is -2.33. The highest BCUT2D eigenvalue weighted by atomic mass is 16.4. The summed E-state index contributed by atoms with van der Waals surface area (Å²) in [6, 6.07) is -0.347. The summed E-state index contributed by atoms with van der Waals surface area (Å²) < 4.78 is 0. The molecule has 1 heterocycles. The molecule has 0 aromatic carbocycles. The van der Waals surface area contributed by atoms with Gasteiger partial charge in [-0.15, -0.1) is 0 Å². The summed E-state index contributed by atoms with van der Waals surface area (Å²) >= 11 is 0. The third kappa shape index (κ3) is 4.17. The largest absolute Gasteiger partial charge is 0.481 e. The Morgan fingerprint density at radius 3 is 2.67 bits per heavy atom. The van der Waals surface area contributed by atoms with Crippen LogP contribution in [0.25, 0.3) is 0 Å². The molecule has 1 aliphatic carbocycles. The Labute approximate surface area is 122 Å². The predicted octanol–water partition coefficient (Wildman–Crippen LogP) is 0.681. The number of nitrogens with one attached hydrogen (secondary N) is 3. The molecule has 8 heteroatoms. The molecular weight excluding hydrogens is 274 g/mol. The predicted molar refractivity (Wildman–Crippen MR) is 74.6 cm³/mol. The fourth-order valence-corrected chi connectivity index (χ4v) is 2.65. The molecule has 21 heavy (non-hydrogen) atoms. The molecule has 0 saturated heterocycles. The third-order valence-electron chi connectivity index (χ3n) is 3.96. The Bertz CT molecular complexity index is 468. The highest BCUT2D eigenvalue weighted by molar-refractivity contribution is 5.78. The van der Waals surface area contributed by atoms with Gasteiger partial charge in [0.15, 0.2) is 0 Å². The smallest absolute Gasteiger partial charge is 0.314 e. The van der Waals surface area contributed by atoms with Gasteiger partial charge in [-0.05, 0) is 12.8 Å². The molecule has 1 saturated carbocycles. The molecule has 8 nitrogen and oxygen atoms in total. The first-order chi connectivity index (χ1) is 10.1. The van der Waals surface area contributed by atoms with Gasteiger partial charge in [0, 0.05) is 19.5 Å². The van der Waals surface area contributed by atoms with Crippen LogP contribution in [-0.2, 0) is 11.2 Å². The number of urea groups is 1. The summed E-state index contributed by atoms with van der Waals surface area (Å²) in [5.41, 5.74) is -0.805. The Kier molecular flexibility index (Phi) is 5.13. The van der Waals surface area contributed by atoms with Crippen molar-refractivity contribution in [3.05, 3.63) is 12.2 Å². The topological polar surface area (TPSA) is 120 Å². The number of H-pyrrole nitrogens is 1. The van der Waals surface area contributed by atoms with E-state index in [0.717, 1.165) is 19.3 Å². The molecule has 2 amide bonds. The van der Waals surface area contributed by atoms with Crippen LogP contribution in [0.4, 0.5) is 4.79 Å². The minimum absolute atomic E-state index is 0.177. The lowest BCUT2D eigenvalue weighted by molar-refractivity contribution is -0.150. The normalized spacial score (nSPS) is 17.1. The van der Waals surface area contributed by atoms with E-state index in [9.17, 15) is 14.7 Å². The van der Waals surface area contributed by atoms with E-state index < -0.39 is 11.4 Å². The Hall–Kier alpha value is -2.12. The van der Waals surface area contributed by atoms with Crippen molar-refractivity contribution in [3.63, 3.8) is 0 Å². The van der Waals surface area contributed by atoms with Crippen molar-refractivity contribution in [1.29, 1.82) is 0 Å². The van der Waals surface area contributed by atoms with Crippen molar-refractivity contribution in [3.8, 4) is 0 Å². The second-order valence-electron chi connectivity index (χ2n) is 5.44. The van der Waals surface area contributed by atoms with E-state index in [-0.39, 0.29) is 12.6 Å². The molecular formula is C13H21N5O3. The molecule has 0 unspecified atom stereocenters. The number of carbonyl (C=O) groups is 2. The molecule has 4 N–H and O–H groups in total. The molecule has 2 rings (SSSR count). The van der Waals surface area contributed by atoms with Crippen LogP contribution in [0.2, 0.25) is 0 Å². The third-order valence-corrected chi connectivity index (χ3v) is 3.96. The van der Waals surface area contributed by atoms with Crippen LogP contribution in [0.3, 0.4) is 0 Å². The number of nitrogens with zero attached hydrogens (tertiary/aromatic N) is 2. The van der Waals surface area contributed by atoms with Crippen molar-refractivity contribution in [2.45, 2.75) is 38.5 Å². The molecule has 0 radical (unpaired) electrons. The number of aromatic amines is 1. The standard InChI is InChI=1S/C13H21N5O3/c19-11(20)13(5-2-1-3-6-13)8-15-12(21)14-7-4-10-16-9-17-18-10/h9H,1-8H2,(H,19,20)(H2,14,15,21)(H,16,17,18). The van der Waals surface area contributed by atoms with Crippen LogP contribution in [0.5, 0.6) is 0 Å². The number of amides is 2. The van der Waals surface area contributed by atoms with Crippen molar-refractivity contribution in [2.24, 2.45) is 5.41 Å². The molecule has 116 valence electrons. The Balaban J connectivity index is 1.72. The van der Waals surface area contributed by atoms with Crippen molar-refractivity contribution >= 4 is 12.0 Å². The Morgan fingerprint density at radius 2 is 2.05 bits per heavy atom. The van der Waals surface area contributed by atoms with Gasteiger partial charge in [0.05, 0.1) is 5.41 Å². The Morgan fingerprint density at radius 1 is 1.29 bits per heavy atom. The fourth-order valence-electron chi connectivity index (χ4n) is 2.65. The van der Waals surface area contributed by atoms with E-state index in [0.29, 0.717) is 31.6 Å². The fraction of sp³-hybridized carbons (Fsp3) is 0.692. The molecule has 1 aliphatic rings. The van der Waals surface area contributed by atoms with Crippen LogP contribution in [0.1, 0.15) is 37.9 Å². The van der Waals surface area contributed by atoms with E-state index in [1.807, 2.05) is 0 Å². The van der Waals surface area contributed by atoms with Gasteiger partial charge in [-0.25, -0.2) is 9.78 Å². The van der Waals surface area contributed by atoms with E-state index in [1.165, 1.54) is 6.33 Å². The highest BCUT2D eigenvalue weighted by Crippen LogP contribution is 2.35. The summed E-state index contributed by atoms with van der Waals surface area (Å²) in [6.07, 6.45) is 6.09. The van der Waals surface area contributed by atoms with Crippen LogP contribution in [-0.4, -0.2) is 45.4 Å². The summed E-state index contributed by atoms with van der Waals surface area (Å²) in [4.78, 5) is 27.1. The minimum Gasteiger partial charge on any atom is -0.481 e. The van der Waals surface area contributed by atoms with Crippen LogP contribution in [0, 0.1) is 5.41 Å². The lowest BCUT2D eigenvalue weighted by atomic mass is 9.74. The summed E-state index contributed by atoms with van der Waals surface area (Å²) in [6.45, 7) is 0.595. The average Bonchev–Trinajstić information content (AvgIpc) is 2.99. The van der Waals surface area contributed by atoms with Gasteiger partial charge in [-0.1, -0.05) is 19.3 Å². The van der Waals surface area contributed by atoms with Gasteiger partial charge in [0.25, 0.3) is 0 Å². The van der Waals surface area contributed by atoms with Crippen molar-refractivity contribution in [1.82, 2.24) is 25.8 Å². The molecule has 0 aliphatic heterocycles. The zero-order valence-corrected chi connectivity index (χ0v) is 11.9. The van der Waals surface area contributed by atoms with E-state index in [1.54, 1.807) is 0 Å². The quantitative estimate of drug-likeness (QED) is 0.615. The van der Waals surface area contributed by atoms with Crippen molar-refractivity contribution < 1.29 is 14.7 Å². The highest BCUT2D eigenvalue weighted by Gasteiger charge is 2.39. The van der Waals surface area contributed by atoms with E-state index >= 15 is 0 Å². The van der Waals surface area contributed by atoms with Gasteiger partial charge in [0.1, 0.15) is 12.2 Å². The van der Waals surface area contributed by atoms with Crippen LogP contribution < -0.4 is 10.6 Å². The lowest BCUT2D eigenvalue weighted by Crippen LogP contribution is -2.47. The van der Waals surface area contributed by atoms with Gasteiger partial charge in [-0.3, -0.25) is 9.89 Å². The molecule has 0 spiro atoms. The second-order valence-corrected chi connectivity index (χ2v) is 5.44. The number of hydrogen-bond acceptors (Lipinski definition) is 4. The summed E-state index contributed by atoms with van der Waals surface area (Å²) in [5.74, 6) is -0.117. The van der Waals surface area contributed by atoms with Crippen LogP contribution in [0.15, 0.2) is 6.33 Å². The van der Waals surface area contributed by atoms with Crippen LogP contribution >= 0.6 is 0 Å². The molecule has 0 bridgehead atoms. The maximum Gasteiger partial charge on any atom is 0.314 e. The molecule has 0 atom stereocenters. The second kappa shape index (κ2) is 7.05. The number of hydrogen-bond donors (Lipinski definition) is 4. The molecule has 1 fully saturated rings. The first kappa shape index (κ1) is 15.3. The summed E-state index contributed by atoms with van der Waals surface area (Å²) in [5, 5.41) is 21.2. The first-order valence-corrected chi connectivity index (χ1v) is 7.22. The summed E-state index contributed by atoms with van der Waals surface area (Å²) in [7, 11) is 0. The van der Waals surface area contributed by atoms with Crippen molar-refractivity contribution in [2.75, 3.05) is 13.1 Å². The maximum absolute atomic E-state index is 11.7. The van der Waals surface area contributed by atoms with Gasteiger partial charge in [-0.2, -0.15) is 5.10 Å². The number of aromatic nitrogens is 3. The van der Waals surface area contributed by atoms with E-state index in [2.05, 4.69) is 25.8 Å². The molecule has 1 aromatic heterocycles. The van der Waals surface area contributed by atoms with Gasteiger partial charge < -0.3 is 15.7 Å². The zero-order chi connectivity index (χ0) is 15.1. The maximum atomic E-state index is 11.7. The number of carbonyl (C=O) groups excluding carboxylic acids is 1. The average molecular weight is 295 g/mol. The molecule has 1 aromatic rings. The minimum atomic E-state index is -0.816. The zero-order valence-electron chi connectivity index (χ0n) is 11.9. The SMILES string of the molecule is O=C(NCCc1ncn[nH]1)NCC1(C(=O)O)CCCCC1. The monoisotopic (exact) mass is 295 g/mol.